The Hall–Kier alpha value is -2.34. The third kappa shape index (κ3) is 7.39. The number of hydrazine groups is 1. The summed E-state index contributed by atoms with van der Waals surface area (Å²) in [6.45, 7) is 11.6. The molecule has 6 heteroatoms. The highest BCUT2D eigenvalue weighted by molar-refractivity contribution is 5.90. The molecule has 1 aromatic carbocycles. The number of hydrogen-bond acceptors (Lipinski definition) is 4. The Morgan fingerprint density at radius 2 is 2.03 bits per heavy atom. The molecule has 1 saturated heterocycles. The van der Waals surface area contributed by atoms with Crippen LogP contribution in [0.3, 0.4) is 0 Å². The lowest BCUT2D eigenvalue weighted by Gasteiger charge is -2.46. The number of rotatable bonds is 12. The Balaban J connectivity index is 2.01. The summed E-state index contributed by atoms with van der Waals surface area (Å²) in [4.78, 5) is 30.3. The number of amides is 2. The molecule has 0 bridgehead atoms. The molecular formula is C25H40N4O2. The molecule has 1 aliphatic rings. The lowest BCUT2D eigenvalue weighted by molar-refractivity contribution is -0.157. The molecule has 1 heterocycles. The molecule has 0 saturated carbocycles. The van der Waals surface area contributed by atoms with Crippen molar-refractivity contribution in [3.8, 4) is 0 Å². The minimum atomic E-state index is -0.377. The van der Waals surface area contributed by atoms with Gasteiger partial charge in [0, 0.05) is 32.4 Å². The van der Waals surface area contributed by atoms with Crippen LogP contribution in [0.4, 0.5) is 0 Å². The van der Waals surface area contributed by atoms with Crippen molar-refractivity contribution < 1.29 is 9.59 Å². The van der Waals surface area contributed by atoms with Crippen LogP contribution in [0.5, 0.6) is 0 Å². The van der Waals surface area contributed by atoms with Crippen LogP contribution in [0.25, 0.3) is 0 Å². The number of nitrogens with zero attached hydrogens (tertiary/aromatic N) is 3. The Kier molecular flexibility index (Phi) is 10.0. The van der Waals surface area contributed by atoms with Crippen molar-refractivity contribution in [2.45, 2.75) is 65.0 Å². The first-order chi connectivity index (χ1) is 14.9. The highest BCUT2D eigenvalue weighted by Gasteiger charge is 2.41. The Morgan fingerprint density at radius 1 is 1.32 bits per heavy atom. The smallest absolute Gasteiger partial charge is 0.245 e. The van der Waals surface area contributed by atoms with Crippen molar-refractivity contribution in [3.05, 3.63) is 48.7 Å². The SMILES string of the molecule is C=CNN(C)CC(=O)N1C(C)CN(CCCCc2ccccc2)C(=O)[C@@H]1CC(C)CC. The van der Waals surface area contributed by atoms with Gasteiger partial charge in [-0.25, -0.2) is 5.01 Å². The van der Waals surface area contributed by atoms with Gasteiger partial charge in [0.05, 0.1) is 6.54 Å². The second kappa shape index (κ2) is 12.5. The molecule has 3 atom stereocenters. The first-order valence-electron chi connectivity index (χ1n) is 11.6. The molecule has 2 amide bonds. The standard InChI is InChI=1S/C25H40N4O2/c1-6-20(3)17-23-25(31)28(16-12-11-15-22-13-9-8-10-14-22)18-21(4)29(23)24(30)19-27(5)26-7-2/h7-10,13-14,20-21,23,26H,2,6,11-12,15-19H2,1,3-5H3/t20?,21?,23-/m0/s1. The maximum absolute atomic E-state index is 13.4. The van der Waals surface area contributed by atoms with Gasteiger partial charge in [0.2, 0.25) is 11.8 Å². The van der Waals surface area contributed by atoms with Crippen LogP contribution in [0.15, 0.2) is 43.1 Å². The number of carbonyl (C=O) groups excluding carboxylic acids is 2. The van der Waals surface area contributed by atoms with Gasteiger partial charge in [-0.15, -0.1) is 0 Å². The van der Waals surface area contributed by atoms with Crippen molar-refractivity contribution in [1.29, 1.82) is 0 Å². The fourth-order valence-corrected chi connectivity index (χ4v) is 4.28. The van der Waals surface area contributed by atoms with Gasteiger partial charge in [-0.3, -0.25) is 9.59 Å². The largest absolute Gasteiger partial charge is 0.339 e. The molecule has 31 heavy (non-hydrogen) atoms. The highest BCUT2D eigenvalue weighted by Crippen LogP contribution is 2.25. The molecule has 1 fully saturated rings. The summed E-state index contributed by atoms with van der Waals surface area (Å²) >= 11 is 0. The summed E-state index contributed by atoms with van der Waals surface area (Å²) in [6.07, 6.45) is 6.32. The molecule has 6 nitrogen and oxygen atoms in total. The van der Waals surface area contributed by atoms with Gasteiger partial charge in [-0.2, -0.15) is 0 Å². The van der Waals surface area contributed by atoms with E-state index in [1.54, 1.807) is 18.3 Å². The fourth-order valence-electron chi connectivity index (χ4n) is 4.28. The highest BCUT2D eigenvalue weighted by atomic mass is 16.2. The Labute approximate surface area is 188 Å². The normalized spacial score (nSPS) is 20.1. The van der Waals surface area contributed by atoms with Gasteiger partial charge in [-0.05, 0) is 44.1 Å². The van der Waals surface area contributed by atoms with Gasteiger partial charge >= 0.3 is 0 Å². The quantitative estimate of drug-likeness (QED) is 0.409. The minimum absolute atomic E-state index is 0.00510. The maximum Gasteiger partial charge on any atom is 0.245 e. The molecule has 0 aliphatic carbocycles. The number of unbranched alkanes of at least 4 members (excludes halogenated alkanes) is 1. The van der Waals surface area contributed by atoms with E-state index in [-0.39, 0.29) is 30.4 Å². The first-order valence-corrected chi connectivity index (χ1v) is 11.6. The van der Waals surface area contributed by atoms with E-state index < -0.39 is 0 Å². The van der Waals surface area contributed by atoms with E-state index in [1.807, 2.05) is 15.9 Å². The van der Waals surface area contributed by atoms with Crippen molar-refractivity contribution in [2.24, 2.45) is 5.92 Å². The number of benzene rings is 1. The zero-order chi connectivity index (χ0) is 22.8. The average Bonchev–Trinajstić information content (AvgIpc) is 2.74. The topological polar surface area (TPSA) is 55.9 Å². The summed E-state index contributed by atoms with van der Waals surface area (Å²) in [5, 5.41) is 1.70. The molecule has 0 radical (unpaired) electrons. The number of likely N-dealkylation sites (N-methyl/N-ethyl adjacent to an activating group) is 1. The predicted molar refractivity (Wildman–Crippen MR) is 126 cm³/mol. The van der Waals surface area contributed by atoms with Crippen molar-refractivity contribution >= 4 is 11.8 Å². The van der Waals surface area contributed by atoms with E-state index in [4.69, 9.17) is 0 Å². The molecule has 1 N–H and O–H groups in total. The second-order valence-electron chi connectivity index (χ2n) is 8.83. The molecule has 1 aliphatic heterocycles. The Bertz CT molecular complexity index is 709. The van der Waals surface area contributed by atoms with Crippen LogP contribution in [0, 0.1) is 5.92 Å². The van der Waals surface area contributed by atoms with E-state index in [2.05, 4.69) is 57.0 Å². The number of aryl methyl sites for hydroxylation is 1. The molecule has 2 unspecified atom stereocenters. The zero-order valence-electron chi connectivity index (χ0n) is 19.7. The molecule has 1 aromatic rings. The third-order valence-corrected chi connectivity index (χ3v) is 6.17. The van der Waals surface area contributed by atoms with Gasteiger partial charge < -0.3 is 15.2 Å². The summed E-state index contributed by atoms with van der Waals surface area (Å²) < 4.78 is 0. The second-order valence-corrected chi connectivity index (χ2v) is 8.83. The van der Waals surface area contributed by atoms with Crippen molar-refractivity contribution in [1.82, 2.24) is 20.2 Å². The van der Waals surface area contributed by atoms with E-state index in [0.717, 1.165) is 32.2 Å². The molecule has 2 rings (SSSR count). The van der Waals surface area contributed by atoms with Crippen LogP contribution in [0.2, 0.25) is 0 Å². The van der Waals surface area contributed by atoms with Crippen LogP contribution in [-0.2, 0) is 16.0 Å². The van der Waals surface area contributed by atoms with E-state index in [1.165, 1.54) is 5.56 Å². The predicted octanol–water partition coefficient (Wildman–Crippen LogP) is 3.45. The third-order valence-electron chi connectivity index (χ3n) is 6.17. The lowest BCUT2D eigenvalue weighted by atomic mass is 9.93. The number of piperazine rings is 1. The average molecular weight is 429 g/mol. The summed E-state index contributed by atoms with van der Waals surface area (Å²) in [5.41, 5.74) is 4.26. The molecule has 0 aromatic heterocycles. The molecule has 0 spiro atoms. The lowest BCUT2D eigenvalue weighted by Crippen LogP contribution is -2.64. The monoisotopic (exact) mass is 428 g/mol. The molecule has 172 valence electrons. The van der Waals surface area contributed by atoms with Crippen molar-refractivity contribution in [2.75, 3.05) is 26.7 Å². The van der Waals surface area contributed by atoms with Gasteiger partial charge in [0.25, 0.3) is 0 Å². The van der Waals surface area contributed by atoms with Gasteiger partial charge in [0.15, 0.2) is 0 Å². The number of hydrogen-bond donors (Lipinski definition) is 1. The van der Waals surface area contributed by atoms with Gasteiger partial charge in [0.1, 0.15) is 6.04 Å². The van der Waals surface area contributed by atoms with Crippen molar-refractivity contribution in [3.63, 3.8) is 0 Å². The van der Waals surface area contributed by atoms with Crippen LogP contribution < -0.4 is 5.43 Å². The van der Waals surface area contributed by atoms with Crippen LogP contribution in [-0.4, -0.2) is 65.4 Å². The van der Waals surface area contributed by atoms with E-state index >= 15 is 0 Å². The number of nitrogens with one attached hydrogen (secondary N) is 1. The van der Waals surface area contributed by atoms with Gasteiger partial charge in [-0.1, -0.05) is 57.2 Å². The van der Waals surface area contributed by atoms with Crippen LogP contribution >= 0.6 is 0 Å². The minimum Gasteiger partial charge on any atom is -0.339 e. The summed E-state index contributed by atoms with van der Waals surface area (Å²) in [6, 6.07) is 10.1. The maximum atomic E-state index is 13.4. The first kappa shape index (κ1) is 24.9. The van der Waals surface area contributed by atoms with Crippen LogP contribution in [0.1, 0.15) is 52.0 Å². The van der Waals surface area contributed by atoms with E-state index in [9.17, 15) is 9.59 Å². The number of carbonyl (C=O) groups is 2. The van der Waals surface area contributed by atoms with E-state index in [0.29, 0.717) is 18.9 Å². The zero-order valence-corrected chi connectivity index (χ0v) is 19.7. The summed E-state index contributed by atoms with van der Waals surface area (Å²) in [7, 11) is 1.80. The Morgan fingerprint density at radius 3 is 2.68 bits per heavy atom. The summed E-state index contributed by atoms with van der Waals surface area (Å²) in [5.74, 6) is 0.471. The fraction of sp³-hybridized carbons (Fsp3) is 0.600. The molecular weight excluding hydrogens is 388 g/mol.